The van der Waals surface area contributed by atoms with Gasteiger partial charge in [0.1, 0.15) is 16.7 Å². The van der Waals surface area contributed by atoms with E-state index < -0.39 is 5.54 Å². The minimum absolute atomic E-state index is 0.248. The number of hydrogen-bond acceptors (Lipinski definition) is 5. The lowest BCUT2D eigenvalue weighted by Crippen LogP contribution is -2.25. The molecule has 1 fully saturated rings. The zero-order chi connectivity index (χ0) is 19.7. The molecule has 0 spiro atoms. The summed E-state index contributed by atoms with van der Waals surface area (Å²) in [5.74, 6) is 0. The molecule has 1 saturated carbocycles. The molecule has 1 aromatic carbocycles. The van der Waals surface area contributed by atoms with Crippen LogP contribution >= 0.6 is 11.6 Å². The number of para-hydroxylation sites is 1. The molecule has 3 heterocycles. The van der Waals surface area contributed by atoms with Gasteiger partial charge in [0.05, 0.1) is 6.33 Å². The van der Waals surface area contributed by atoms with E-state index in [2.05, 4.69) is 38.1 Å². The molecule has 2 aromatic heterocycles. The molecule has 0 bridgehead atoms. The van der Waals surface area contributed by atoms with Crippen LogP contribution in [-0.2, 0) is 5.54 Å². The number of halogens is 1. The van der Waals surface area contributed by atoms with Crippen molar-refractivity contribution in [2.45, 2.75) is 43.7 Å². The van der Waals surface area contributed by atoms with Crippen LogP contribution in [-0.4, -0.2) is 32.3 Å². The van der Waals surface area contributed by atoms with Gasteiger partial charge < -0.3 is 9.88 Å². The zero-order valence-corrected chi connectivity index (χ0v) is 16.9. The van der Waals surface area contributed by atoms with Crippen molar-refractivity contribution in [2.24, 2.45) is 4.99 Å². The minimum atomic E-state index is -0.582. The Morgan fingerprint density at radius 3 is 2.72 bits per heavy atom. The fourth-order valence-electron chi connectivity index (χ4n) is 4.42. The molecular formula is C22H23ClN6. The Morgan fingerprint density at radius 2 is 1.97 bits per heavy atom. The quantitative estimate of drug-likeness (QED) is 0.589. The van der Waals surface area contributed by atoms with Gasteiger partial charge in [-0.25, -0.2) is 9.97 Å². The summed E-state index contributed by atoms with van der Waals surface area (Å²) in [6.07, 6.45) is 13.3. The first-order valence-electron chi connectivity index (χ1n) is 10.2. The first-order valence-corrected chi connectivity index (χ1v) is 10.6. The number of nitrogens with one attached hydrogen (secondary N) is 1. The van der Waals surface area contributed by atoms with E-state index in [0.29, 0.717) is 6.04 Å². The Bertz CT molecular complexity index is 1050. The third kappa shape index (κ3) is 3.42. The number of nitrogens with zero attached hydrogens (tertiary/aromatic N) is 5. The summed E-state index contributed by atoms with van der Waals surface area (Å²) in [6, 6.07) is 10.6. The van der Waals surface area contributed by atoms with Gasteiger partial charge in [0, 0.05) is 24.5 Å². The molecule has 5 rings (SSSR count). The summed E-state index contributed by atoms with van der Waals surface area (Å²) in [4.78, 5) is 18.6. The molecule has 2 aliphatic rings. The van der Waals surface area contributed by atoms with Crippen molar-refractivity contribution in [1.82, 2.24) is 19.5 Å². The lowest BCUT2D eigenvalue weighted by atomic mass is 9.91. The summed E-state index contributed by atoms with van der Waals surface area (Å²) in [5.41, 5.74) is 2.90. The summed E-state index contributed by atoms with van der Waals surface area (Å²) >= 11 is 6.37. The normalized spacial score (nSPS) is 21.4. The van der Waals surface area contributed by atoms with Crippen molar-refractivity contribution < 1.29 is 0 Å². The lowest BCUT2D eigenvalue weighted by Gasteiger charge is -2.24. The van der Waals surface area contributed by atoms with Crippen LogP contribution in [0.25, 0.3) is 11.2 Å². The molecule has 3 aromatic rings. The van der Waals surface area contributed by atoms with E-state index in [-0.39, 0.29) is 5.28 Å². The lowest BCUT2D eigenvalue weighted by molar-refractivity contribution is 0.523. The van der Waals surface area contributed by atoms with Gasteiger partial charge in [0.15, 0.2) is 5.65 Å². The van der Waals surface area contributed by atoms with Crippen molar-refractivity contribution in [3.05, 3.63) is 59.8 Å². The van der Waals surface area contributed by atoms with Crippen LogP contribution in [0, 0.1) is 0 Å². The van der Waals surface area contributed by atoms with Crippen molar-refractivity contribution >= 4 is 34.7 Å². The summed E-state index contributed by atoms with van der Waals surface area (Å²) in [7, 11) is 0. The number of aromatic nitrogens is 4. The van der Waals surface area contributed by atoms with Gasteiger partial charge in [0.25, 0.3) is 0 Å². The first-order chi connectivity index (χ1) is 14.3. The van der Waals surface area contributed by atoms with Gasteiger partial charge in [0.2, 0.25) is 5.28 Å². The second kappa shape index (κ2) is 7.59. The van der Waals surface area contributed by atoms with Crippen LogP contribution in [0.2, 0.25) is 5.28 Å². The van der Waals surface area contributed by atoms with Gasteiger partial charge in [-0.15, -0.1) is 0 Å². The molecule has 1 unspecified atom stereocenters. The SMILES string of the molecule is Clc1nc(C2(CCNc3ccccc3)C=CC=N2)c2ncn(C3CCCC3)c2n1. The number of aliphatic imine (C=N–C) groups is 1. The standard InChI is InChI=1S/C22H23ClN6/c23-21-27-19(18-20(28-21)29(15-25-18)17-9-4-5-10-17)22(11-6-13-26-22)12-14-24-16-7-2-1-3-8-16/h1-3,6-8,11,13,15,17,24H,4-5,9-10,12,14H2. The maximum absolute atomic E-state index is 6.37. The van der Waals surface area contributed by atoms with Crippen LogP contribution in [0.15, 0.2) is 53.8 Å². The molecule has 148 valence electrons. The van der Waals surface area contributed by atoms with Crippen molar-refractivity contribution in [1.29, 1.82) is 0 Å². The van der Waals surface area contributed by atoms with Crippen LogP contribution in [0.5, 0.6) is 0 Å². The van der Waals surface area contributed by atoms with Gasteiger partial charge in [-0.3, -0.25) is 4.99 Å². The van der Waals surface area contributed by atoms with Crippen molar-refractivity contribution in [2.75, 3.05) is 11.9 Å². The van der Waals surface area contributed by atoms with E-state index in [1.807, 2.05) is 36.8 Å². The Morgan fingerprint density at radius 1 is 1.14 bits per heavy atom. The fourth-order valence-corrected chi connectivity index (χ4v) is 4.59. The van der Waals surface area contributed by atoms with E-state index in [1.165, 1.54) is 12.8 Å². The van der Waals surface area contributed by atoms with E-state index in [4.69, 9.17) is 21.6 Å². The van der Waals surface area contributed by atoms with E-state index >= 15 is 0 Å². The second-order valence-electron chi connectivity index (χ2n) is 7.71. The summed E-state index contributed by atoms with van der Waals surface area (Å²) < 4.78 is 2.18. The third-order valence-electron chi connectivity index (χ3n) is 5.89. The Kier molecular flexibility index (Phi) is 4.79. The van der Waals surface area contributed by atoms with Crippen molar-refractivity contribution in [3.63, 3.8) is 0 Å². The highest BCUT2D eigenvalue weighted by atomic mass is 35.5. The summed E-state index contributed by atoms with van der Waals surface area (Å²) in [5, 5.41) is 3.72. The molecule has 0 saturated heterocycles. The molecule has 6 nitrogen and oxygen atoms in total. The average molecular weight is 407 g/mol. The monoisotopic (exact) mass is 406 g/mol. The van der Waals surface area contributed by atoms with E-state index in [9.17, 15) is 0 Å². The first kappa shape index (κ1) is 18.3. The maximum Gasteiger partial charge on any atom is 0.224 e. The number of anilines is 1. The van der Waals surface area contributed by atoms with Crippen LogP contribution in [0.4, 0.5) is 5.69 Å². The van der Waals surface area contributed by atoms with Gasteiger partial charge in [-0.2, -0.15) is 4.98 Å². The highest BCUT2D eigenvalue weighted by Crippen LogP contribution is 2.38. The number of allylic oxidation sites excluding steroid dienone is 1. The van der Waals surface area contributed by atoms with Crippen LogP contribution in [0.1, 0.15) is 43.8 Å². The largest absolute Gasteiger partial charge is 0.385 e. The van der Waals surface area contributed by atoms with E-state index in [1.54, 1.807) is 0 Å². The number of benzene rings is 1. The fraction of sp³-hybridized carbons (Fsp3) is 0.364. The molecule has 1 N–H and O–H groups in total. The smallest absolute Gasteiger partial charge is 0.224 e. The molecule has 7 heteroatoms. The number of hydrogen-bond donors (Lipinski definition) is 1. The van der Waals surface area contributed by atoms with E-state index in [0.717, 1.165) is 48.4 Å². The zero-order valence-electron chi connectivity index (χ0n) is 16.1. The average Bonchev–Trinajstić information content (AvgIpc) is 3.49. The molecule has 0 amide bonds. The van der Waals surface area contributed by atoms with Crippen molar-refractivity contribution in [3.8, 4) is 0 Å². The Labute approximate surface area is 174 Å². The topological polar surface area (TPSA) is 68.0 Å². The third-order valence-corrected chi connectivity index (χ3v) is 6.06. The predicted molar refractivity (Wildman–Crippen MR) is 117 cm³/mol. The minimum Gasteiger partial charge on any atom is -0.385 e. The van der Waals surface area contributed by atoms with Gasteiger partial charge >= 0.3 is 0 Å². The molecule has 1 aliphatic heterocycles. The highest BCUT2D eigenvalue weighted by Gasteiger charge is 2.36. The Hall–Kier alpha value is -2.73. The highest BCUT2D eigenvalue weighted by molar-refractivity contribution is 6.28. The van der Waals surface area contributed by atoms with Crippen LogP contribution < -0.4 is 5.32 Å². The van der Waals surface area contributed by atoms with Gasteiger partial charge in [-0.1, -0.05) is 31.0 Å². The number of rotatable bonds is 6. The molecular weight excluding hydrogens is 384 g/mol. The number of fused-ring (bicyclic) bond motifs is 1. The van der Waals surface area contributed by atoms with Crippen LogP contribution in [0.3, 0.4) is 0 Å². The second-order valence-corrected chi connectivity index (χ2v) is 8.05. The molecule has 1 aliphatic carbocycles. The predicted octanol–water partition coefficient (Wildman–Crippen LogP) is 4.93. The summed E-state index contributed by atoms with van der Waals surface area (Å²) in [6.45, 7) is 0.748. The Balaban J connectivity index is 1.49. The molecule has 29 heavy (non-hydrogen) atoms. The number of imidazole rings is 1. The molecule has 0 radical (unpaired) electrons. The molecule has 1 atom stereocenters. The van der Waals surface area contributed by atoms with Gasteiger partial charge in [-0.05, 0) is 55.1 Å². The maximum atomic E-state index is 6.37.